The Kier molecular flexibility index (Phi) is 9.65. The maximum atomic E-state index is 12.2. The Balaban J connectivity index is 2.06. The predicted molar refractivity (Wildman–Crippen MR) is 146 cm³/mol. The van der Waals surface area contributed by atoms with Crippen molar-refractivity contribution in [3.63, 3.8) is 0 Å². The zero-order chi connectivity index (χ0) is 27.3. The Bertz CT molecular complexity index is 1190. The normalized spacial score (nSPS) is 21.9. The predicted octanol–water partition coefficient (Wildman–Crippen LogP) is 4.73. The summed E-state index contributed by atoms with van der Waals surface area (Å²) in [5.74, 6) is -0.756. The van der Waals surface area contributed by atoms with E-state index in [-0.39, 0.29) is 24.6 Å². The number of hydrogen-bond donors (Lipinski definition) is 5. The van der Waals surface area contributed by atoms with Crippen LogP contribution in [-0.4, -0.2) is 52.3 Å². The van der Waals surface area contributed by atoms with Crippen LogP contribution in [-0.2, 0) is 21.3 Å². The molecule has 0 fully saturated rings. The first kappa shape index (κ1) is 29.4. The molecule has 1 amide bonds. The van der Waals surface area contributed by atoms with Crippen molar-refractivity contribution in [1.29, 1.82) is 0 Å². The number of hydrogen-bond acceptors (Lipinski definition) is 7. The quantitative estimate of drug-likeness (QED) is 0.251. The summed E-state index contributed by atoms with van der Waals surface area (Å²) in [5, 5.41) is 5.96. The van der Waals surface area contributed by atoms with E-state index in [0.29, 0.717) is 16.2 Å². The van der Waals surface area contributed by atoms with Crippen LogP contribution in [0.5, 0.6) is 5.75 Å². The highest BCUT2D eigenvalue weighted by Gasteiger charge is 2.42. The van der Waals surface area contributed by atoms with E-state index in [1.807, 2.05) is 36.4 Å². The lowest BCUT2D eigenvalue weighted by Crippen LogP contribution is -2.49. The van der Waals surface area contributed by atoms with Gasteiger partial charge in [0.1, 0.15) is 11.6 Å². The molecule has 2 atom stereocenters. The minimum absolute atomic E-state index is 0.0698. The van der Waals surface area contributed by atoms with Gasteiger partial charge in [0.05, 0.1) is 23.8 Å². The molecule has 2 aromatic rings. The third-order valence-corrected chi connectivity index (χ3v) is 9.42. The van der Waals surface area contributed by atoms with Gasteiger partial charge in [-0.25, -0.2) is 0 Å². The van der Waals surface area contributed by atoms with Crippen molar-refractivity contribution in [2.45, 2.75) is 68.8 Å². The van der Waals surface area contributed by atoms with Crippen LogP contribution in [0.2, 0.25) is 0 Å². The molecule has 11 heteroatoms. The summed E-state index contributed by atoms with van der Waals surface area (Å²) in [6, 6.07) is 13.1. The van der Waals surface area contributed by atoms with Crippen molar-refractivity contribution < 1.29 is 31.6 Å². The third kappa shape index (κ3) is 7.46. The number of rotatable bonds is 11. The Morgan fingerprint density at radius 1 is 1.22 bits per heavy atom. The molecule has 0 saturated heterocycles. The fourth-order valence-electron chi connectivity index (χ4n) is 4.86. The monoisotopic (exact) mass is 554 g/mol. The van der Waals surface area contributed by atoms with Gasteiger partial charge in [-0.05, 0) is 42.5 Å². The zero-order valence-electron chi connectivity index (χ0n) is 21.6. The maximum absolute atomic E-state index is 12.2. The zero-order valence-corrected chi connectivity index (χ0v) is 23.2. The number of amides is 1. The van der Waals surface area contributed by atoms with Crippen LogP contribution in [0.1, 0.15) is 68.7 Å². The molecule has 0 aliphatic carbocycles. The molecule has 0 radical (unpaired) electrons. The molecule has 1 aliphatic heterocycles. The van der Waals surface area contributed by atoms with Crippen molar-refractivity contribution in [3.05, 3.63) is 59.2 Å². The SMILES string of the molecule is CCCC[C@]1(CC)CS(O)(O)c2cc(CCC(=O)NCS(=O)(=O)O)c(OC)cc2[C@@H](c2ccccc2)N1. The Morgan fingerprint density at radius 3 is 2.51 bits per heavy atom. The molecular weight excluding hydrogens is 516 g/mol. The summed E-state index contributed by atoms with van der Waals surface area (Å²) in [6.07, 6.45) is 3.56. The lowest BCUT2D eigenvalue weighted by molar-refractivity contribution is -0.120. The van der Waals surface area contributed by atoms with Crippen LogP contribution in [0.15, 0.2) is 47.4 Å². The summed E-state index contributed by atoms with van der Waals surface area (Å²) < 4.78 is 59.5. The number of aryl methyl sites for hydroxylation is 1. The molecule has 0 saturated carbocycles. The van der Waals surface area contributed by atoms with Crippen molar-refractivity contribution >= 4 is 26.6 Å². The number of nitrogens with one attached hydrogen (secondary N) is 2. The molecule has 0 aromatic heterocycles. The largest absolute Gasteiger partial charge is 0.496 e. The van der Waals surface area contributed by atoms with Gasteiger partial charge >= 0.3 is 0 Å². The molecule has 2 aromatic carbocycles. The topological polar surface area (TPSA) is 145 Å². The number of carbonyl (C=O) groups is 1. The number of ether oxygens (including phenoxy) is 1. The number of fused-ring (bicyclic) bond motifs is 1. The van der Waals surface area contributed by atoms with Gasteiger partial charge < -0.3 is 10.1 Å². The van der Waals surface area contributed by atoms with E-state index in [9.17, 15) is 22.3 Å². The molecule has 3 rings (SSSR count). The van der Waals surface area contributed by atoms with Gasteiger partial charge in [-0.15, -0.1) is 0 Å². The van der Waals surface area contributed by atoms with E-state index >= 15 is 0 Å². The molecule has 0 spiro atoms. The minimum Gasteiger partial charge on any atom is -0.496 e. The first-order chi connectivity index (χ1) is 17.4. The molecule has 9 nitrogen and oxygen atoms in total. The first-order valence-electron chi connectivity index (χ1n) is 12.4. The van der Waals surface area contributed by atoms with Gasteiger partial charge in [0.15, 0.2) is 0 Å². The summed E-state index contributed by atoms with van der Waals surface area (Å²) in [6.45, 7) is 4.18. The average Bonchev–Trinajstić information content (AvgIpc) is 2.96. The van der Waals surface area contributed by atoms with Crippen molar-refractivity contribution in [1.82, 2.24) is 10.6 Å². The minimum atomic E-state index is -4.33. The van der Waals surface area contributed by atoms with Crippen molar-refractivity contribution in [3.8, 4) is 5.75 Å². The highest BCUT2D eigenvalue weighted by molar-refractivity contribution is 8.24. The second-order valence-electron chi connectivity index (χ2n) is 9.56. The van der Waals surface area contributed by atoms with Crippen LogP contribution in [0.3, 0.4) is 0 Å². The van der Waals surface area contributed by atoms with Crippen LogP contribution in [0.25, 0.3) is 0 Å². The summed E-state index contributed by atoms with van der Waals surface area (Å²) in [4.78, 5) is 12.6. The van der Waals surface area contributed by atoms with Crippen LogP contribution < -0.4 is 15.4 Å². The van der Waals surface area contributed by atoms with Crippen LogP contribution in [0.4, 0.5) is 0 Å². The summed E-state index contributed by atoms with van der Waals surface area (Å²) >= 11 is 0. The standard InChI is InChI=1S/C26H38N2O7S2/c1-4-6-14-26(5-2)17-36(30,31)23-15-20(12-13-24(29)27-18-37(32,33)34)22(35-3)16-21(23)25(28-26)19-10-8-7-9-11-19/h7-11,15-16,25,28,30-31H,4-6,12-14,17-18H2,1-3H3,(H,27,29)(H,32,33,34)/t25-,26-/m1/s1. The second kappa shape index (κ2) is 12.1. The van der Waals surface area contributed by atoms with Gasteiger partial charge in [-0.2, -0.15) is 19.0 Å². The number of unbranched alkanes of at least 4 members (excludes halogenated alkanes) is 1. The van der Waals surface area contributed by atoms with Gasteiger partial charge in [0.25, 0.3) is 10.1 Å². The molecule has 1 heterocycles. The van der Waals surface area contributed by atoms with Crippen LogP contribution in [0, 0.1) is 0 Å². The lowest BCUT2D eigenvalue weighted by atomic mass is 9.87. The van der Waals surface area contributed by atoms with E-state index in [0.717, 1.165) is 36.8 Å². The van der Waals surface area contributed by atoms with E-state index in [1.165, 1.54) is 7.11 Å². The van der Waals surface area contributed by atoms with E-state index in [4.69, 9.17) is 9.29 Å². The van der Waals surface area contributed by atoms with E-state index in [2.05, 4.69) is 24.5 Å². The van der Waals surface area contributed by atoms with Crippen LogP contribution >= 0.6 is 10.6 Å². The number of methoxy groups -OCH3 is 1. The number of carbonyl (C=O) groups excluding carboxylic acids is 1. The Morgan fingerprint density at radius 2 is 1.92 bits per heavy atom. The maximum Gasteiger partial charge on any atom is 0.283 e. The van der Waals surface area contributed by atoms with Crippen molar-refractivity contribution in [2.24, 2.45) is 0 Å². The highest BCUT2D eigenvalue weighted by atomic mass is 32.3. The molecular formula is C26H38N2O7S2. The van der Waals surface area contributed by atoms with E-state index < -0.39 is 38.0 Å². The fourth-order valence-corrected chi connectivity index (χ4v) is 7.44. The van der Waals surface area contributed by atoms with Crippen molar-refractivity contribution in [2.75, 3.05) is 18.7 Å². The van der Waals surface area contributed by atoms with Gasteiger partial charge in [-0.3, -0.25) is 23.8 Å². The summed E-state index contributed by atoms with van der Waals surface area (Å²) in [5.41, 5.74) is 1.83. The Labute approximate surface area is 221 Å². The fraction of sp³-hybridized carbons (Fsp3) is 0.500. The first-order valence-corrected chi connectivity index (χ1v) is 15.8. The molecule has 206 valence electrons. The van der Waals surface area contributed by atoms with Gasteiger partial charge in [0.2, 0.25) is 5.91 Å². The molecule has 5 N–H and O–H groups in total. The molecule has 0 unspecified atom stereocenters. The van der Waals surface area contributed by atoms with E-state index in [1.54, 1.807) is 6.07 Å². The lowest BCUT2D eigenvalue weighted by Gasteiger charge is -2.42. The molecule has 37 heavy (non-hydrogen) atoms. The smallest absolute Gasteiger partial charge is 0.283 e. The second-order valence-corrected chi connectivity index (χ2v) is 13.1. The number of benzene rings is 2. The highest BCUT2D eigenvalue weighted by Crippen LogP contribution is 2.58. The van der Waals surface area contributed by atoms with Gasteiger partial charge in [-0.1, -0.05) is 57.0 Å². The molecule has 0 bridgehead atoms. The Hall–Kier alpha value is -2.15. The average molecular weight is 555 g/mol. The summed E-state index contributed by atoms with van der Waals surface area (Å²) in [7, 11) is -6.03. The van der Waals surface area contributed by atoms with Gasteiger partial charge in [0, 0.05) is 17.5 Å². The molecule has 1 aliphatic rings. The third-order valence-electron chi connectivity index (χ3n) is 6.90.